The van der Waals surface area contributed by atoms with Gasteiger partial charge in [-0.3, -0.25) is 4.68 Å². The SMILES string of the molecule is CC(C)c1nn(C)c(Nc2ccccc2C#N)c1N. The number of nitrogens with zero attached hydrogens (tertiary/aromatic N) is 3. The topological polar surface area (TPSA) is 79.7 Å². The number of hydrogen-bond acceptors (Lipinski definition) is 4. The third kappa shape index (κ3) is 2.38. The number of rotatable bonds is 3. The number of para-hydroxylation sites is 1. The molecule has 0 unspecified atom stereocenters. The first-order valence-corrected chi connectivity index (χ1v) is 6.13. The minimum absolute atomic E-state index is 0.257. The number of benzene rings is 1. The Morgan fingerprint density at radius 3 is 2.63 bits per heavy atom. The van der Waals surface area contributed by atoms with Gasteiger partial charge in [-0.15, -0.1) is 0 Å². The van der Waals surface area contributed by atoms with E-state index in [0.717, 1.165) is 11.4 Å². The molecular formula is C14H17N5. The van der Waals surface area contributed by atoms with E-state index in [1.54, 1.807) is 10.7 Å². The molecule has 5 nitrogen and oxygen atoms in total. The van der Waals surface area contributed by atoms with Crippen molar-refractivity contribution in [2.75, 3.05) is 11.1 Å². The quantitative estimate of drug-likeness (QED) is 0.883. The van der Waals surface area contributed by atoms with Crippen LogP contribution in [0, 0.1) is 11.3 Å². The molecule has 0 radical (unpaired) electrons. The summed E-state index contributed by atoms with van der Waals surface area (Å²) in [5, 5.41) is 16.7. The Morgan fingerprint density at radius 2 is 2.05 bits per heavy atom. The molecule has 1 aromatic heterocycles. The van der Waals surface area contributed by atoms with Crippen molar-refractivity contribution in [3.63, 3.8) is 0 Å². The van der Waals surface area contributed by atoms with Crippen molar-refractivity contribution in [1.82, 2.24) is 9.78 Å². The molecule has 0 saturated heterocycles. The maximum atomic E-state index is 9.08. The van der Waals surface area contributed by atoms with Crippen LogP contribution in [-0.4, -0.2) is 9.78 Å². The van der Waals surface area contributed by atoms with E-state index in [9.17, 15) is 0 Å². The number of anilines is 3. The molecule has 0 bridgehead atoms. The summed E-state index contributed by atoms with van der Waals surface area (Å²) in [6.07, 6.45) is 0. The number of hydrogen-bond donors (Lipinski definition) is 2. The summed E-state index contributed by atoms with van der Waals surface area (Å²) in [6, 6.07) is 9.46. The first-order chi connectivity index (χ1) is 9.04. The smallest absolute Gasteiger partial charge is 0.152 e. The van der Waals surface area contributed by atoms with Crippen molar-refractivity contribution in [3.8, 4) is 6.07 Å². The lowest BCUT2D eigenvalue weighted by atomic mass is 10.1. The minimum atomic E-state index is 0.257. The summed E-state index contributed by atoms with van der Waals surface area (Å²) in [4.78, 5) is 0. The highest BCUT2D eigenvalue weighted by atomic mass is 15.3. The number of aryl methyl sites for hydroxylation is 1. The van der Waals surface area contributed by atoms with E-state index in [1.165, 1.54) is 0 Å². The van der Waals surface area contributed by atoms with E-state index in [2.05, 4.69) is 16.5 Å². The second kappa shape index (κ2) is 5.02. The molecule has 3 N–H and O–H groups in total. The van der Waals surface area contributed by atoms with Gasteiger partial charge in [0.1, 0.15) is 6.07 Å². The van der Waals surface area contributed by atoms with Crippen LogP contribution in [0.3, 0.4) is 0 Å². The van der Waals surface area contributed by atoms with Crippen molar-refractivity contribution < 1.29 is 0 Å². The van der Waals surface area contributed by atoms with Crippen LogP contribution in [0.1, 0.15) is 31.0 Å². The van der Waals surface area contributed by atoms with Gasteiger partial charge in [0.25, 0.3) is 0 Å². The maximum absolute atomic E-state index is 9.08. The standard InChI is InChI=1S/C14H17N5/c1-9(2)13-12(16)14(19(3)18-13)17-11-7-5-4-6-10(11)8-15/h4-7,9,17H,16H2,1-3H3. The molecule has 0 aliphatic carbocycles. The van der Waals surface area contributed by atoms with Crippen LogP contribution in [0.4, 0.5) is 17.2 Å². The van der Waals surface area contributed by atoms with E-state index in [1.807, 2.05) is 39.1 Å². The van der Waals surface area contributed by atoms with Gasteiger partial charge in [0, 0.05) is 7.05 Å². The average Bonchev–Trinajstić information content (AvgIpc) is 2.67. The van der Waals surface area contributed by atoms with Gasteiger partial charge in [-0.05, 0) is 18.1 Å². The van der Waals surface area contributed by atoms with Gasteiger partial charge in [-0.2, -0.15) is 10.4 Å². The fourth-order valence-corrected chi connectivity index (χ4v) is 1.95. The highest BCUT2D eigenvalue weighted by Crippen LogP contribution is 2.30. The average molecular weight is 255 g/mol. The highest BCUT2D eigenvalue weighted by molar-refractivity contribution is 5.74. The fourth-order valence-electron chi connectivity index (χ4n) is 1.95. The monoisotopic (exact) mass is 255 g/mol. The van der Waals surface area contributed by atoms with Crippen LogP contribution >= 0.6 is 0 Å². The van der Waals surface area contributed by atoms with E-state index < -0.39 is 0 Å². The minimum Gasteiger partial charge on any atom is -0.394 e. The first-order valence-electron chi connectivity index (χ1n) is 6.13. The van der Waals surface area contributed by atoms with Crippen LogP contribution < -0.4 is 11.1 Å². The van der Waals surface area contributed by atoms with Gasteiger partial charge in [0.2, 0.25) is 0 Å². The third-order valence-electron chi connectivity index (χ3n) is 2.96. The van der Waals surface area contributed by atoms with Gasteiger partial charge < -0.3 is 11.1 Å². The Morgan fingerprint density at radius 1 is 1.37 bits per heavy atom. The summed E-state index contributed by atoms with van der Waals surface area (Å²) >= 11 is 0. The molecular weight excluding hydrogens is 238 g/mol. The molecule has 98 valence electrons. The lowest BCUT2D eigenvalue weighted by molar-refractivity contribution is 0.718. The Labute approximate surface area is 112 Å². The van der Waals surface area contributed by atoms with Crippen LogP contribution in [0.25, 0.3) is 0 Å². The van der Waals surface area contributed by atoms with Crippen LogP contribution in [0.15, 0.2) is 24.3 Å². The van der Waals surface area contributed by atoms with Crippen LogP contribution in [-0.2, 0) is 7.05 Å². The molecule has 0 saturated carbocycles. The van der Waals surface area contributed by atoms with Gasteiger partial charge in [0.05, 0.1) is 22.6 Å². The van der Waals surface area contributed by atoms with Gasteiger partial charge >= 0.3 is 0 Å². The predicted octanol–water partition coefficient (Wildman–Crippen LogP) is 2.74. The van der Waals surface area contributed by atoms with E-state index in [0.29, 0.717) is 17.1 Å². The van der Waals surface area contributed by atoms with E-state index in [4.69, 9.17) is 11.0 Å². The summed E-state index contributed by atoms with van der Waals surface area (Å²) in [5.41, 5.74) is 8.92. The van der Waals surface area contributed by atoms with E-state index in [-0.39, 0.29) is 5.92 Å². The Hall–Kier alpha value is -2.48. The molecule has 1 heterocycles. The predicted molar refractivity (Wildman–Crippen MR) is 76.1 cm³/mol. The molecule has 0 amide bonds. The fraction of sp³-hybridized carbons (Fsp3) is 0.286. The van der Waals surface area contributed by atoms with Gasteiger partial charge in [0.15, 0.2) is 5.82 Å². The Bertz CT molecular complexity index is 634. The normalized spacial score (nSPS) is 10.5. The molecule has 0 aliphatic heterocycles. The number of nitrogens with two attached hydrogens (primary N) is 1. The molecule has 2 aromatic rings. The zero-order valence-corrected chi connectivity index (χ0v) is 11.3. The molecule has 0 atom stereocenters. The second-order valence-corrected chi connectivity index (χ2v) is 4.71. The zero-order valence-electron chi connectivity index (χ0n) is 11.3. The van der Waals surface area contributed by atoms with Crippen molar-refractivity contribution in [3.05, 3.63) is 35.5 Å². The summed E-state index contributed by atoms with van der Waals surface area (Å²) in [6.45, 7) is 4.09. The molecule has 19 heavy (non-hydrogen) atoms. The lowest BCUT2D eigenvalue weighted by Crippen LogP contribution is -2.02. The van der Waals surface area contributed by atoms with Crippen molar-refractivity contribution in [2.24, 2.45) is 7.05 Å². The molecule has 0 aliphatic rings. The lowest BCUT2D eigenvalue weighted by Gasteiger charge is -2.09. The number of nitriles is 1. The van der Waals surface area contributed by atoms with Gasteiger partial charge in [-0.25, -0.2) is 0 Å². The number of nitrogens with one attached hydrogen (secondary N) is 1. The molecule has 1 aromatic carbocycles. The summed E-state index contributed by atoms with van der Waals surface area (Å²) < 4.78 is 1.71. The molecule has 5 heteroatoms. The van der Waals surface area contributed by atoms with Gasteiger partial charge in [-0.1, -0.05) is 26.0 Å². The number of aromatic nitrogens is 2. The maximum Gasteiger partial charge on any atom is 0.152 e. The largest absolute Gasteiger partial charge is 0.394 e. The second-order valence-electron chi connectivity index (χ2n) is 4.71. The third-order valence-corrected chi connectivity index (χ3v) is 2.96. The first kappa shape index (κ1) is 13.0. The Kier molecular flexibility index (Phi) is 3.43. The number of nitrogen functional groups attached to an aromatic ring is 1. The van der Waals surface area contributed by atoms with Crippen LogP contribution in [0.5, 0.6) is 0 Å². The zero-order chi connectivity index (χ0) is 14.0. The van der Waals surface area contributed by atoms with E-state index >= 15 is 0 Å². The molecule has 0 spiro atoms. The molecule has 0 fully saturated rings. The van der Waals surface area contributed by atoms with Crippen LogP contribution in [0.2, 0.25) is 0 Å². The molecule has 2 rings (SSSR count). The highest BCUT2D eigenvalue weighted by Gasteiger charge is 2.16. The Balaban J connectivity index is 2.42. The summed E-state index contributed by atoms with van der Waals surface area (Å²) in [7, 11) is 1.83. The summed E-state index contributed by atoms with van der Waals surface area (Å²) in [5.74, 6) is 0.972. The van der Waals surface area contributed by atoms with Crippen molar-refractivity contribution in [1.29, 1.82) is 5.26 Å². The van der Waals surface area contributed by atoms with Crippen molar-refractivity contribution >= 4 is 17.2 Å². The van der Waals surface area contributed by atoms with Crippen molar-refractivity contribution in [2.45, 2.75) is 19.8 Å².